The van der Waals surface area contributed by atoms with Crippen LogP contribution < -0.4 is 21.3 Å². The number of aryl methyl sites for hydroxylation is 1. The first-order valence-electron chi connectivity index (χ1n) is 6.25. The molecule has 0 spiro atoms. The molecule has 2 amide bonds. The van der Waals surface area contributed by atoms with Crippen LogP contribution in [-0.2, 0) is 0 Å². The summed E-state index contributed by atoms with van der Waals surface area (Å²) in [6.45, 7) is 2.54. The normalized spacial score (nSPS) is 9.67. The lowest BCUT2D eigenvalue weighted by Gasteiger charge is -2.12. The van der Waals surface area contributed by atoms with Crippen molar-refractivity contribution in [1.29, 1.82) is 0 Å². The molecule has 5 nitrogen and oxygen atoms in total. The fourth-order valence-electron chi connectivity index (χ4n) is 1.43. The van der Waals surface area contributed by atoms with Crippen LogP contribution in [0.25, 0.3) is 0 Å². The van der Waals surface area contributed by atoms with Gasteiger partial charge in [0.25, 0.3) is 0 Å². The van der Waals surface area contributed by atoms with Gasteiger partial charge in [0, 0.05) is 25.8 Å². The van der Waals surface area contributed by atoms with Gasteiger partial charge in [-0.2, -0.15) is 0 Å². The average molecular weight is 328 g/mol. The molecule has 8 heteroatoms. The van der Waals surface area contributed by atoms with Crippen LogP contribution >= 0.6 is 24.4 Å². The molecule has 0 saturated heterocycles. The topological polar surface area (TPSA) is 65.2 Å². The van der Waals surface area contributed by atoms with Gasteiger partial charge in [-0.25, -0.2) is 9.18 Å². The highest BCUT2D eigenvalue weighted by atomic mass is 32.1. The number of carbonyl (C=O) groups is 1. The van der Waals surface area contributed by atoms with E-state index in [4.69, 9.17) is 24.4 Å². The van der Waals surface area contributed by atoms with Crippen LogP contribution in [0, 0.1) is 12.7 Å². The molecule has 0 unspecified atom stereocenters. The van der Waals surface area contributed by atoms with Crippen molar-refractivity contribution in [3.8, 4) is 0 Å². The van der Waals surface area contributed by atoms with Crippen molar-refractivity contribution >= 4 is 46.1 Å². The summed E-state index contributed by atoms with van der Waals surface area (Å²) in [5, 5.41) is 10.9. The zero-order valence-corrected chi connectivity index (χ0v) is 13.4. The molecular weight excluding hydrogens is 311 g/mol. The molecule has 0 aliphatic carbocycles. The second-order valence-corrected chi connectivity index (χ2v) is 5.00. The fraction of sp³-hybridized carbons (Fsp3) is 0.308. The van der Waals surface area contributed by atoms with Crippen LogP contribution in [-0.4, -0.2) is 36.1 Å². The Morgan fingerprint density at radius 1 is 1.19 bits per heavy atom. The molecular formula is C13H17FN4OS2. The van der Waals surface area contributed by atoms with Gasteiger partial charge >= 0.3 is 6.03 Å². The van der Waals surface area contributed by atoms with Gasteiger partial charge in [-0.05, 0) is 30.7 Å². The first-order valence-corrected chi connectivity index (χ1v) is 7.06. The highest BCUT2D eigenvalue weighted by Gasteiger charge is 2.06. The number of hydrogen-bond donors (Lipinski definition) is 4. The number of thiocarbonyl (C=S) groups is 2. The third-order valence-corrected chi connectivity index (χ3v) is 3.33. The van der Waals surface area contributed by atoms with Crippen LogP contribution in [0.3, 0.4) is 0 Å². The molecule has 1 aromatic rings. The van der Waals surface area contributed by atoms with E-state index in [0.29, 0.717) is 34.3 Å². The summed E-state index contributed by atoms with van der Waals surface area (Å²) in [7, 11) is 1.54. The van der Waals surface area contributed by atoms with E-state index in [-0.39, 0.29) is 11.8 Å². The van der Waals surface area contributed by atoms with Crippen molar-refractivity contribution in [3.63, 3.8) is 0 Å². The zero-order valence-electron chi connectivity index (χ0n) is 11.7. The number of amides is 2. The molecule has 0 bridgehead atoms. The molecule has 21 heavy (non-hydrogen) atoms. The number of urea groups is 1. The first kappa shape index (κ1) is 17.3. The number of benzene rings is 1. The maximum atomic E-state index is 13.2. The minimum atomic E-state index is -0.271. The van der Waals surface area contributed by atoms with Gasteiger partial charge in [0.2, 0.25) is 0 Å². The van der Waals surface area contributed by atoms with Crippen molar-refractivity contribution in [2.75, 3.05) is 25.5 Å². The summed E-state index contributed by atoms with van der Waals surface area (Å²) in [5.41, 5.74) is 1.20. The minimum absolute atomic E-state index is 0.259. The monoisotopic (exact) mass is 328 g/mol. The van der Waals surface area contributed by atoms with E-state index in [0.717, 1.165) is 0 Å². The number of anilines is 1. The fourth-order valence-corrected chi connectivity index (χ4v) is 1.77. The van der Waals surface area contributed by atoms with Gasteiger partial charge in [-0.1, -0.05) is 24.4 Å². The maximum Gasteiger partial charge on any atom is 0.314 e. The number of halogens is 1. The third-order valence-electron chi connectivity index (χ3n) is 2.55. The third kappa shape index (κ3) is 6.01. The quantitative estimate of drug-likeness (QED) is 0.501. The number of carbonyl (C=O) groups excluding carboxylic acids is 1. The van der Waals surface area contributed by atoms with E-state index in [1.165, 1.54) is 13.1 Å². The average Bonchev–Trinajstić information content (AvgIpc) is 2.46. The van der Waals surface area contributed by atoms with Gasteiger partial charge in [0.15, 0.2) is 0 Å². The van der Waals surface area contributed by atoms with Crippen LogP contribution in [0.1, 0.15) is 5.56 Å². The van der Waals surface area contributed by atoms with Crippen molar-refractivity contribution in [3.05, 3.63) is 29.6 Å². The minimum Gasteiger partial charge on any atom is -0.372 e. The molecule has 0 saturated carbocycles. The summed E-state index contributed by atoms with van der Waals surface area (Å²) in [5.74, 6) is -0.271. The number of nitrogens with one attached hydrogen (secondary N) is 4. The van der Waals surface area contributed by atoms with E-state index in [2.05, 4.69) is 21.3 Å². The molecule has 114 valence electrons. The van der Waals surface area contributed by atoms with Gasteiger partial charge in [-0.3, -0.25) is 0 Å². The Kier molecular flexibility index (Phi) is 6.97. The van der Waals surface area contributed by atoms with Gasteiger partial charge in [-0.15, -0.1) is 0 Å². The standard InChI is InChI=1S/C13H17FN4OS2/c1-8-7-9(3-4-10(8)14)18-12(21)11(20)16-5-6-17-13(19)15-2/h3-4,7H,5-6H2,1-2H3,(H,16,20)(H,18,21)(H2,15,17,19). The van der Waals surface area contributed by atoms with Gasteiger partial charge < -0.3 is 21.3 Å². The van der Waals surface area contributed by atoms with Crippen molar-refractivity contribution < 1.29 is 9.18 Å². The van der Waals surface area contributed by atoms with Crippen LogP contribution in [0.4, 0.5) is 14.9 Å². The Balaban J connectivity index is 2.39. The number of hydrogen-bond acceptors (Lipinski definition) is 3. The van der Waals surface area contributed by atoms with E-state index in [9.17, 15) is 9.18 Å². The highest BCUT2D eigenvalue weighted by molar-refractivity contribution is 7.89. The molecule has 0 fully saturated rings. The Hall–Kier alpha value is -1.80. The van der Waals surface area contributed by atoms with Gasteiger partial charge in [0.05, 0.1) is 0 Å². The predicted octanol–water partition coefficient (Wildman–Crippen LogP) is 1.72. The second kappa shape index (κ2) is 8.48. The SMILES string of the molecule is CNC(=O)NCCNC(=S)C(=S)Nc1ccc(F)c(C)c1. The Morgan fingerprint density at radius 3 is 2.48 bits per heavy atom. The van der Waals surface area contributed by atoms with E-state index < -0.39 is 0 Å². The van der Waals surface area contributed by atoms with Crippen molar-refractivity contribution in [1.82, 2.24) is 16.0 Å². The molecule has 0 aliphatic heterocycles. The molecule has 0 radical (unpaired) electrons. The summed E-state index contributed by atoms with van der Waals surface area (Å²) >= 11 is 10.3. The van der Waals surface area contributed by atoms with Crippen molar-refractivity contribution in [2.45, 2.75) is 6.92 Å². The smallest absolute Gasteiger partial charge is 0.314 e. The second-order valence-electron chi connectivity index (χ2n) is 4.18. The lowest BCUT2D eigenvalue weighted by molar-refractivity contribution is 0.243. The Bertz CT molecular complexity index is 551. The van der Waals surface area contributed by atoms with Crippen LogP contribution in [0.15, 0.2) is 18.2 Å². The first-order chi connectivity index (χ1) is 9.93. The molecule has 1 aromatic carbocycles. The molecule has 0 heterocycles. The zero-order chi connectivity index (χ0) is 15.8. The molecule has 0 atom stereocenters. The summed E-state index contributed by atoms with van der Waals surface area (Å²) in [4.78, 5) is 11.6. The van der Waals surface area contributed by atoms with Crippen LogP contribution in [0.2, 0.25) is 0 Å². The largest absolute Gasteiger partial charge is 0.372 e. The van der Waals surface area contributed by atoms with Crippen LogP contribution in [0.5, 0.6) is 0 Å². The molecule has 4 N–H and O–H groups in total. The van der Waals surface area contributed by atoms with Gasteiger partial charge in [0.1, 0.15) is 15.8 Å². The molecule has 0 aliphatic rings. The summed E-state index contributed by atoms with van der Waals surface area (Å²) in [6, 6.07) is 4.34. The summed E-state index contributed by atoms with van der Waals surface area (Å²) < 4.78 is 13.2. The van der Waals surface area contributed by atoms with E-state index in [1.54, 1.807) is 19.1 Å². The van der Waals surface area contributed by atoms with Crippen molar-refractivity contribution in [2.24, 2.45) is 0 Å². The summed E-state index contributed by atoms with van der Waals surface area (Å²) in [6.07, 6.45) is 0. The maximum absolute atomic E-state index is 13.2. The Labute approximate surface area is 133 Å². The van der Waals surface area contributed by atoms with E-state index in [1.807, 2.05) is 0 Å². The molecule has 1 rings (SSSR count). The molecule has 0 aromatic heterocycles. The lowest BCUT2D eigenvalue weighted by Crippen LogP contribution is -2.40. The highest BCUT2D eigenvalue weighted by Crippen LogP contribution is 2.13. The Morgan fingerprint density at radius 2 is 1.86 bits per heavy atom. The lowest BCUT2D eigenvalue weighted by atomic mass is 10.2. The predicted molar refractivity (Wildman–Crippen MR) is 90.4 cm³/mol. The van der Waals surface area contributed by atoms with E-state index >= 15 is 0 Å². The number of rotatable bonds is 4.